The Morgan fingerprint density at radius 3 is 2.68 bits per heavy atom. The van der Waals surface area contributed by atoms with Crippen molar-refractivity contribution in [2.45, 2.75) is 31.9 Å². The van der Waals surface area contributed by atoms with E-state index in [9.17, 15) is 9.59 Å². The third-order valence-electron chi connectivity index (χ3n) is 5.07. The van der Waals surface area contributed by atoms with Gasteiger partial charge in [0.25, 0.3) is 5.91 Å². The maximum absolute atomic E-state index is 12.5. The molecule has 2 aromatic carbocycles. The van der Waals surface area contributed by atoms with Crippen molar-refractivity contribution in [3.05, 3.63) is 65.7 Å². The van der Waals surface area contributed by atoms with E-state index in [0.29, 0.717) is 17.8 Å². The second kappa shape index (κ2) is 9.37. The van der Waals surface area contributed by atoms with Crippen LogP contribution in [-0.2, 0) is 4.74 Å². The molecule has 0 bridgehead atoms. The average Bonchev–Trinajstić information content (AvgIpc) is 3.25. The van der Waals surface area contributed by atoms with Gasteiger partial charge in [0.15, 0.2) is 0 Å². The molecule has 0 aliphatic carbocycles. The SMILES string of the molecule is C[C@H](c1cccc(NC(=O)c2ccccc2)c1)N(C)C(=O)NC[C@H]1CCCO1. The van der Waals surface area contributed by atoms with Gasteiger partial charge in [-0.15, -0.1) is 0 Å². The fourth-order valence-corrected chi connectivity index (χ4v) is 3.20. The van der Waals surface area contributed by atoms with Crippen molar-refractivity contribution in [1.82, 2.24) is 10.2 Å². The summed E-state index contributed by atoms with van der Waals surface area (Å²) in [4.78, 5) is 26.5. The van der Waals surface area contributed by atoms with Gasteiger partial charge in [-0.1, -0.05) is 30.3 Å². The highest BCUT2D eigenvalue weighted by molar-refractivity contribution is 6.04. The number of nitrogens with zero attached hydrogens (tertiary/aromatic N) is 1. The highest BCUT2D eigenvalue weighted by atomic mass is 16.5. The van der Waals surface area contributed by atoms with Crippen LogP contribution < -0.4 is 10.6 Å². The molecule has 3 amide bonds. The van der Waals surface area contributed by atoms with Crippen LogP contribution in [0.5, 0.6) is 0 Å². The predicted molar refractivity (Wildman–Crippen MR) is 109 cm³/mol. The standard InChI is InChI=1S/C22H27N3O3/c1-16(25(2)22(27)23-15-20-12-7-13-28-20)18-10-6-11-19(14-18)24-21(26)17-8-4-3-5-9-17/h3-6,8-11,14,16,20H,7,12-13,15H2,1-2H3,(H,23,27)(H,24,26)/t16-,20-/m1/s1. The van der Waals surface area contributed by atoms with Gasteiger partial charge in [-0.3, -0.25) is 4.79 Å². The largest absolute Gasteiger partial charge is 0.376 e. The number of carbonyl (C=O) groups is 2. The van der Waals surface area contributed by atoms with Crippen LogP contribution in [0.4, 0.5) is 10.5 Å². The number of nitrogens with one attached hydrogen (secondary N) is 2. The minimum absolute atomic E-state index is 0.115. The summed E-state index contributed by atoms with van der Waals surface area (Å²) >= 11 is 0. The highest BCUT2D eigenvalue weighted by Gasteiger charge is 2.21. The lowest BCUT2D eigenvalue weighted by atomic mass is 10.1. The molecule has 28 heavy (non-hydrogen) atoms. The van der Waals surface area contributed by atoms with Gasteiger partial charge in [0.05, 0.1) is 12.1 Å². The summed E-state index contributed by atoms with van der Waals surface area (Å²) in [6.45, 7) is 3.26. The second-order valence-electron chi connectivity index (χ2n) is 7.05. The van der Waals surface area contributed by atoms with E-state index in [1.807, 2.05) is 49.4 Å². The van der Waals surface area contributed by atoms with Crippen molar-refractivity contribution in [2.75, 3.05) is 25.5 Å². The van der Waals surface area contributed by atoms with E-state index in [1.54, 1.807) is 24.1 Å². The zero-order valence-electron chi connectivity index (χ0n) is 16.4. The zero-order chi connectivity index (χ0) is 19.9. The molecule has 2 aromatic rings. The first kappa shape index (κ1) is 19.9. The molecule has 1 saturated heterocycles. The van der Waals surface area contributed by atoms with Crippen molar-refractivity contribution in [2.24, 2.45) is 0 Å². The lowest BCUT2D eigenvalue weighted by Gasteiger charge is -2.26. The first-order chi connectivity index (χ1) is 13.5. The summed E-state index contributed by atoms with van der Waals surface area (Å²) < 4.78 is 5.54. The molecule has 6 nitrogen and oxygen atoms in total. The minimum atomic E-state index is -0.159. The van der Waals surface area contributed by atoms with E-state index in [2.05, 4.69) is 10.6 Å². The van der Waals surface area contributed by atoms with Crippen LogP contribution in [-0.4, -0.2) is 43.1 Å². The maximum atomic E-state index is 12.5. The van der Waals surface area contributed by atoms with Gasteiger partial charge in [-0.25, -0.2) is 4.79 Å². The van der Waals surface area contributed by atoms with Gasteiger partial charge in [0.1, 0.15) is 0 Å². The van der Waals surface area contributed by atoms with E-state index >= 15 is 0 Å². The van der Waals surface area contributed by atoms with Gasteiger partial charge < -0.3 is 20.3 Å². The average molecular weight is 381 g/mol. The van der Waals surface area contributed by atoms with Gasteiger partial charge in [-0.2, -0.15) is 0 Å². The van der Waals surface area contributed by atoms with Gasteiger partial charge in [-0.05, 0) is 49.6 Å². The number of urea groups is 1. The summed E-state index contributed by atoms with van der Waals surface area (Å²) in [5.74, 6) is -0.159. The molecule has 1 aliphatic heterocycles. The Morgan fingerprint density at radius 1 is 1.18 bits per heavy atom. The highest BCUT2D eigenvalue weighted by Crippen LogP contribution is 2.22. The van der Waals surface area contributed by atoms with E-state index in [0.717, 1.165) is 25.0 Å². The first-order valence-electron chi connectivity index (χ1n) is 9.63. The molecule has 3 rings (SSSR count). The summed E-state index contributed by atoms with van der Waals surface area (Å²) in [7, 11) is 1.77. The normalized spacial score (nSPS) is 17.0. The molecule has 0 aromatic heterocycles. The Labute approximate surface area is 165 Å². The van der Waals surface area contributed by atoms with Gasteiger partial charge in [0, 0.05) is 31.5 Å². The Hall–Kier alpha value is -2.86. The van der Waals surface area contributed by atoms with Crippen molar-refractivity contribution in [3.8, 4) is 0 Å². The molecular weight excluding hydrogens is 354 g/mol. The number of benzene rings is 2. The second-order valence-corrected chi connectivity index (χ2v) is 7.05. The molecule has 0 saturated carbocycles. The molecule has 2 N–H and O–H groups in total. The molecule has 148 valence electrons. The molecular formula is C22H27N3O3. The first-order valence-corrected chi connectivity index (χ1v) is 9.63. The quantitative estimate of drug-likeness (QED) is 0.799. The molecule has 6 heteroatoms. The third-order valence-corrected chi connectivity index (χ3v) is 5.07. The monoisotopic (exact) mass is 381 g/mol. The molecule has 0 unspecified atom stereocenters. The minimum Gasteiger partial charge on any atom is -0.376 e. The number of ether oxygens (including phenoxy) is 1. The summed E-state index contributed by atoms with van der Waals surface area (Å²) in [6.07, 6.45) is 2.15. The van der Waals surface area contributed by atoms with Crippen LogP contribution in [0.2, 0.25) is 0 Å². The van der Waals surface area contributed by atoms with Crippen LogP contribution in [0.3, 0.4) is 0 Å². The van der Waals surface area contributed by atoms with E-state index in [4.69, 9.17) is 4.74 Å². The van der Waals surface area contributed by atoms with Crippen LogP contribution >= 0.6 is 0 Å². The summed E-state index contributed by atoms with van der Waals surface area (Å²) in [6, 6.07) is 16.4. The predicted octanol–water partition coefficient (Wildman–Crippen LogP) is 3.82. The number of amides is 3. The molecule has 1 heterocycles. The molecule has 0 spiro atoms. The van der Waals surface area contributed by atoms with E-state index in [1.165, 1.54) is 0 Å². The lowest BCUT2D eigenvalue weighted by Crippen LogP contribution is -2.41. The number of carbonyl (C=O) groups excluding carboxylic acids is 2. The summed E-state index contributed by atoms with van der Waals surface area (Å²) in [5, 5.41) is 5.84. The van der Waals surface area contributed by atoms with Gasteiger partial charge in [0.2, 0.25) is 0 Å². The topological polar surface area (TPSA) is 70.7 Å². The smallest absolute Gasteiger partial charge is 0.317 e. The molecule has 1 aliphatic rings. The van der Waals surface area contributed by atoms with Crippen molar-refractivity contribution in [1.29, 1.82) is 0 Å². The van der Waals surface area contributed by atoms with Crippen LogP contribution in [0, 0.1) is 0 Å². The number of hydrogen-bond acceptors (Lipinski definition) is 3. The third kappa shape index (κ3) is 5.10. The number of hydrogen-bond donors (Lipinski definition) is 2. The number of anilines is 1. The Kier molecular flexibility index (Phi) is 6.66. The van der Waals surface area contributed by atoms with Crippen molar-refractivity contribution >= 4 is 17.6 Å². The van der Waals surface area contributed by atoms with E-state index in [-0.39, 0.29) is 24.1 Å². The fourth-order valence-electron chi connectivity index (χ4n) is 3.20. The summed E-state index contributed by atoms with van der Waals surface area (Å²) in [5.41, 5.74) is 2.25. The Bertz CT molecular complexity index is 804. The van der Waals surface area contributed by atoms with Crippen molar-refractivity contribution in [3.63, 3.8) is 0 Å². The van der Waals surface area contributed by atoms with Crippen LogP contribution in [0.15, 0.2) is 54.6 Å². The van der Waals surface area contributed by atoms with E-state index < -0.39 is 0 Å². The van der Waals surface area contributed by atoms with Gasteiger partial charge >= 0.3 is 6.03 Å². The lowest BCUT2D eigenvalue weighted by molar-refractivity contribution is 0.102. The van der Waals surface area contributed by atoms with Crippen molar-refractivity contribution < 1.29 is 14.3 Å². The Morgan fingerprint density at radius 2 is 1.96 bits per heavy atom. The maximum Gasteiger partial charge on any atom is 0.317 e. The zero-order valence-corrected chi connectivity index (χ0v) is 16.4. The van der Waals surface area contributed by atoms with Crippen LogP contribution in [0.25, 0.3) is 0 Å². The number of rotatable bonds is 6. The van der Waals surface area contributed by atoms with Crippen LogP contribution in [0.1, 0.15) is 41.7 Å². The Balaban J connectivity index is 1.60. The fraction of sp³-hybridized carbons (Fsp3) is 0.364. The molecule has 1 fully saturated rings. The molecule has 0 radical (unpaired) electrons. The molecule has 2 atom stereocenters.